The van der Waals surface area contributed by atoms with E-state index in [-0.39, 0.29) is 25.0 Å². The van der Waals surface area contributed by atoms with Crippen molar-refractivity contribution in [3.05, 3.63) is 94.3 Å². The summed E-state index contributed by atoms with van der Waals surface area (Å²) < 4.78 is 47.5. The molecule has 0 bridgehead atoms. The van der Waals surface area contributed by atoms with Crippen LogP contribution in [0.3, 0.4) is 0 Å². The Morgan fingerprint density at radius 1 is 0.836 bits per heavy atom. The van der Waals surface area contributed by atoms with E-state index in [1.54, 1.807) is 53.9 Å². The minimum Gasteiger partial charge on any atom is -0.454 e. The van der Waals surface area contributed by atoms with Gasteiger partial charge in [0.25, 0.3) is 5.91 Å². The largest absolute Gasteiger partial charge is 0.454 e. The zero-order valence-corrected chi connectivity index (χ0v) is 30.9. The summed E-state index contributed by atoms with van der Waals surface area (Å²) >= 11 is 7.26. The van der Waals surface area contributed by atoms with E-state index in [9.17, 15) is 27.6 Å². The van der Waals surface area contributed by atoms with Crippen LogP contribution in [-0.2, 0) is 15.1 Å². The first-order valence-corrected chi connectivity index (χ1v) is 18.0. The number of nitrogens with one attached hydrogen (secondary N) is 5. The lowest BCUT2D eigenvalue weighted by atomic mass is 9.93. The fraction of sp³-hybridized carbons (Fsp3) is 0.278. The van der Waals surface area contributed by atoms with Crippen LogP contribution in [0.15, 0.2) is 78.2 Å². The second-order valence-electron chi connectivity index (χ2n) is 13.4. The normalized spacial score (nSPS) is 13.3. The van der Waals surface area contributed by atoms with Gasteiger partial charge in [-0.25, -0.2) is 0 Å². The van der Waals surface area contributed by atoms with Crippen molar-refractivity contribution < 1.29 is 32.3 Å². The van der Waals surface area contributed by atoms with Crippen LogP contribution in [0.4, 0.5) is 36.4 Å². The highest BCUT2D eigenvalue weighted by molar-refractivity contribution is 7.03. The van der Waals surface area contributed by atoms with E-state index in [4.69, 9.17) is 16.3 Å². The number of alkyl halides is 3. The molecule has 0 saturated heterocycles. The first-order valence-electron chi connectivity index (χ1n) is 16.8. The second-order valence-corrected chi connectivity index (χ2v) is 14.5. The monoisotopic (exact) mass is 794 g/mol. The van der Waals surface area contributed by atoms with Gasteiger partial charge in [0.1, 0.15) is 5.69 Å². The fourth-order valence-corrected chi connectivity index (χ4v) is 5.78. The molecule has 19 heteroatoms. The number of nitrogens with zero attached hydrogens (tertiary/aromatic N) is 5. The predicted octanol–water partition coefficient (Wildman–Crippen LogP) is 6.34. The average Bonchev–Trinajstić information content (AvgIpc) is 3.71. The SMILES string of the molecule is CC(C)(CNC(=O)C(=O)Nc1ccc(-c2csnn2)cc1)CNC(=O)c1ccc(Nc2nc(NC3(c4ccc(Cl)cc4)CC3)nc(OCC(F)(F)F)n2)cc1. The molecule has 1 fully saturated rings. The summed E-state index contributed by atoms with van der Waals surface area (Å²) in [5.74, 6) is -2.14. The first kappa shape index (κ1) is 38.8. The molecule has 1 saturated carbocycles. The number of halogens is 4. The van der Waals surface area contributed by atoms with Crippen LogP contribution in [0.5, 0.6) is 6.01 Å². The van der Waals surface area contributed by atoms with Crippen molar-refractivity contribution >= 4 is 64.1 Å². The number of carbonyl (C=O) groups excluding carboxylic acids is 3. The zero-order chi connectivity index (χ0) is 39.2. The number of aromatic nitrogens is 5. The van der Waals surface area contributed by atoms with Crippen molar-refractivity contribution in [3.63, 3.8) is 0 Å². The molecule has 0 aliphatic heterocycles. The first-order chi connectivity index (χ1) is 26.2. The molecule has 286 valence electrons. The maximum atomic E-state index is 13.0. The minimum absolute atomic E-state index is 0.00773. The van der Waals surface area contributed by atoms with E-state index < -0.39 is 47.5 Å². The summed E-state index contributed by atoms with van der Waals surface area (Å²) in [7, 11) is 0. The van der Waals surface area contributed by atoms with Gasteiger partial charge in [0, 0.05) is 46.0 Å². The highest BCUT2D eigenvalue weighted by Crippen LogP contribution is 2.48. The molecule has 6 rings (SSSR count). The van der Waals surface area contributed by atoms with Gasteiger partial charge in [0.2, 0.25) is 11.9 Å². The molecular formula is C36H34ClF3N10O4S. The third-order valence-corrected chi connectivity index (χ3v) is 9.10. The van der Waals surface area contributed by atoms with Gasteiger partial charge in [-0.2, -0.15) is 28.1 Å². The molecule has 3 amide bonds. The van der Waals surface area contributed by atoms with Crippen molar-refractivity contribution in [2.24, 2.45) is 5.41 Å². The summed E-state index contributed by atoms with van der Waals surface area (Å²) in [5.41, 5.74) is 2.48. The molecule has 14 nitrogen and oxygen atoms in total. The van der Waals surface area contributed by atoms with Crippen LogP contribution in [0.2, 0.25) is 5.02 Å². The molecule has 1 aliphatic carbocycles. The summed E-state index contributed by atoms with van der Waals surface area (Å²) in [6, 6.07) is 19.7. The van der Waals surface area contributed by atoms with E-state index in [0.29, 0.717) is 27.7 Å². The highest BCUT2D eigenvalue weighted by Gasteiger charge is 2.45. The number of ether oxygens (including phenoxy) is 1. The summed E-state index contributed by atoms with van der Waals surface area (Å²) in [6.45, 7) is 2.30. The quantitative estimate of drug-likeness (QED) is 0.0791. The van der Waals surface area contributed by atoms with Crippen LogP contribution in [-0.4, -0.2) is 68.1 Å². The second kappa shape index (κ2) is 16.2. The molecule has 2 aromatic heterocycles. The van der Waals surface area contributed by atoms with Crippen molar-refractivity contribution in [1.82, 2.24) is 35.2 Å². The van der Waals surface area contributed by atoms with Crippen LogP contribution in [0.1, 0.15) is 42.6 Å². The Kier molecular flexibility index (Phi) is 11.5. The van der Waals surface area contributed by atoms with Gasteiger partial charge < -0.3 is 31.3 Å². The number of hydrogen-bond donors (Lipinski definition) is 5. The number of anilines is 4. The Morgan fingerprint density at radius 2 is 1.49 bits per heavy atom. The smallest absolute Gasteiger partial charge is 0.422 e. The van der Waals surface area contributed by atoms with Gasteiger partial charge in [-0.05, 0) is 83.9 Å². The van der Waals surface area contributed by atoms with Crippen molar-refractivity contribution in [2.75, 3.05) is 35.6 Å². The third kappa shape index (κ3) is 10.9. The molecule has 0 radical (unpaired) electrons. The Bertz CT molecular complexity index is 2130. The minimum atomic E-state index is -4.61. The Balaban J connectivity index is 1.01. The van der Waals surface area contributed by atoms with E-state index >= 15 is 0 Å². The Hall–Kier alpha value is -5.88. The molecular weight excluding hydrogens is 761 g/mol. The van der Waals surface area contributed by atoms with Gasteiger partial charge in [-0.1, -0.05) is 54.2 Å². The van der Waals surface area contributed by atoms with E-state index in [1.807, 2.05) is 26.0 Å². The van der Waals surface area contributed by atoms with Crippen LogP contribution in [0, 0.1) is 5.41 Å². The van der Waals surface area contributed by atoms with Crippen LogP contribution in [0.25, 0.3) is 11.3 Å². The van der Waals surface area contributed by atoms with Gasteiger partial charge in [0.15, 0.2) is 6.61 Å². The number of hydrogen-bond acceptors (Lipinski definition) is 12. The third-order valence-electron chi connectivity index (χ3n) is 8.34. The molecule has 1 aliphatic rings. The van der Waals surface area contributed by atoms with E-state index in [2.05, 4.69) is 51.1 Å². The van der Waals surface area contributed by atoms with Gasteiger partial charge in [0.05, 0.1) is 5.54 Å². The lowest BCUT2D eigenvalue weighted by Gasteiger charge is -2.25. The van der Waals surface area contributed by atoms with Crippen molar-refractivity contribution in [1.29, 1.82) is 0 Å². The standard InChI is InChI=1S/C36H34ClF3N10O4S/c1-34(2,19-42-29(52)30(53)43-25-11-3-21(4-12-25)27-17-55-50-49-27)18-41-28(51)22-5-13-26(14-6-22)44-31-45-32(47-33(46-31)54-20-36(38,39)40)48-35(15-16-35)23-7-9-24(37)10-8-23/h3-14,17H,15-16,18-20H2,1-2H3,(H,41,51)(H,42,52)(H,43,53)(H2,44,45,46,47,48). The lowest BCUT2D eigenvalue weighted by Crippen LogP contribution is -2.44. The predicted molar refractivity (Wildman–Crippen MR) is 200 cm³/mol. The van der Waals surface area contributed by atoms with Gasteiger partial charge >= 0.3 is 24.0 Å². The highest BCUT2D eigenvalue weighted by atomic mass is 35.5. The lowest BCUT2D eigenvalue weighted by molar-refractivity contribution is -0.154. The topological polar surface area (TPSA) is 185 Å². The molecule has 5 aromatic rings. The Labute approximate surface area is 321 Å². The number of amides is 3. The molecule has 0 atom stereocenters. The molecule has 5 N–H and O–H groups in total. The molecule has 55 heavy (non-hydrogen) atoms. The number of carbonyl (C=O) groups is 3. The van der Waals surface area contributed by atoms with E-state index in [1.165, 1.54) is 23.7 Å². The van der Waals surface area contributed by atoms with Gasteiger partial charge in [-0.3, -0.25) is 14.4 Å². The maximum absolute atomic E-state index is 13.0. The number of benzene rings is 3. The summed E-state index contributed by atoms with van der Waals surface area (Å²) in [6.07, 6.45) is -3.14. The zero-order valence-electron chi connectivity index (χ0n) is 29.3. The molecule has 3 aromatic carbocycles. The summed E-state index contributed by atoms with van der Waals surface area (Å²) in [5, 5.41) is 20.5. The fourth-order valence-electron chi connectivity index (χ4n) is 5.19. The molecule has 0 spiro atoms. The average molecular weight is 795 g/mol. The van der Waals surface area contributed by atoms with Crippen molar-refractivity contribution in [3.8, 4) is 17.3 Å². The van der Waals surface area contributed by atoms with Gasteiger partial charge in [-0.15, -0.1) is 5.10 Å². The van der Waals surface area contributed by atoms with E-state index in [0.717, 1.165) is 24.0 Å². The number of rotatable bonds is 14. The molecule has 2 heterocycles. The van der Waals surface area contributed by atoms with Crippen LogP contribution < -0.4 is 31.3 Å². The van der Waals surface area contributed by atoms with Crippen LogP contribution >= 0.6 is 23.1 Å². The Morgan fingerprint density at radius 3 is 2.13 bits per heavy atom. The van der Waals surface area contributed by atoms with Crippen molar-refractivity contribution in [2.45, 2.75) is 38.4 Å². The molecule has 0 unspecified atom stereocenters. The summed E-state index contributed by atoms with van der Waals surface area (Å²) in [4.78, 5) is 50.4. The maximum Gasteiger partial charge on any atom is 0.422 e.